The van der Waals surface area contributed by atoms with Crippen LogP contribution in [0.3, 0.4) is 0 Å². The topological polar surface area (TPSA) is 63.8 Å². The highest BCUT2D eigenvalue weighted by atomic mass is 32.1. The third kappa shape index (κ3) is 3.61. The normalized spacial score (nSPS) is 12.8. The van der Waals surface area contributed by atoms with Gasteiger partial charge in [-0.25, -0.2) is 4.98 Å². The van der Waals surface area contributed by atoms with Crippen LogP contribution in [-0.2, 0) is 13.0 Å². The molecule has 0 aliphatic rings. The fraction of sp³-hybridized carbons (Fsp3) is 0.583. The lowest BCUT2D eigenvalue weighted by molar-refractivity contribution is 0.354. The Hall–Kier alpha value is -1.27. The Kier molecular flexibility index (Phi) is 4.43. The van der Waals surface area contributed by atoms with Crippen molar-refractivity contribution in [2.45, 2.75) is 46.2 Å². The molecule has 0 aliphatic carbocycles. The molecule has 6 heteroatoms. The van der Waals surface area contributed by atoms with Gasteiger partial charge in [0.25, 0.3) is 0 Å². The van der Waals surface area contributed by atoms with E-state index >= 15 is 0 Å². The largest absolute Gasteiger partial charge is 0.338 e. The van der Waals surface area contributed by atoms with E-state index in [4.69, 9.17) is 4.52 Å². The summed E-state index contributed by atoms with van der Waals surface area (Å²) >= 11 is 1.63. The standard InChI is InChI=1S/C12H18N4OS/c1-4-8(2)13-6-11-15-10(16-17-11)5-12-14-9(3)7-18-12/h7-8,13H,4-6H2,1-3H3. The summed E-state index contributed by atoms with van der Waals surface area (Å²) in [4.78, 5) is 8.73. The molecule has 98 valence electrons. The maximum atomic E-state index is 5.19. The van der Waals surface area contributed by atoms with Crippen LogP contribution >= 0.6 is 11.3 Å². The van der Waals surface area contributed by atoms with Crippen molar-refractivity contribution in [3.8, 4) is 0 Å². The molecule has 1 atom stereocenters. The monoisotopic (exact) mass is 266 g/mol. The van der Waals surface area contributed by atoms with Crippen LogP contribution in [0.25, 0.3) is 0 Å². The second-order valence-electron chi connectivity index (χ2n) is 4.35. The van der Waals surface area contributed by atoms with Gasteiger partial charge in [0.2, 0.25) is 5.89 Å². The third-order valence-electron chi connectivity index (χ3n) is 2.70. The molecule has 0 saturated carbocycles. The van der Waals surface area contributed by atoms with Crippen molar-refractivity contribution in [3.05, 3.63) is 27.8 Å². The molecule has 0 amide bonds. The minimum Gasteiger partial charge on any atom is -0.338 e. The van der Waals surface area contributed by atoms with Crippen LogP contribution < -0.4 is 5.32 Å². The molecular weight excluding hydrogens is 248 g/mol. The second-order valence-corrected chi connectivity index (χ2v) is 5.30. The van der Waals surface area contributed by atoms with Gasteiger partial charge >= 0.3 is 0 Å². The Morgan fingerprint density at radius 3 is 2.94 bits per heavy atom. The van der Waals surface area contributed by atoms with Gasteiger partial charge in [0, 0.05) is 17.1 Å². The van der Waals surface area contributed by atoms with Crippen molar-refractivity contribution in [1.29, 1.82) is 0 Å². The van der Waals surface area contributed by atoms with E-state index in [2.05, 4.69) is 34.3 Å². The van der Waals surface area contributed by atoms with Crippen LogP contribution in [-0.4, -0.2) is 21.2 Å². The van der Waals surface area contributed by atoms with Crippen LogP contribution in [0.1, 0.15) is 42.7 Å². The van der Waals surface area contributed by atoms with Gasteiger partial charge in [0.1, 0.15) is 5.01 Å². The molecular formula is C12H18N4OS. The number of hydrogen-bond acceptors (Lipinski definition) is 6. The maximum Gasteiger partial charge on any atom is 0.240 e. The third-order valence-corrected chi connectivity index (χ3v) is 3.67. The Balaban J connectivity index is 1.90. The molecule has 0 aliphatic heterocycles. The highest BCUT2D eigenvalue weighted by molar-refractivity contribution is 7.09. The van der Waals surface area contributed by atoms with Crippen molar-refractivity contribution in [2.75, 3.05) is 0 Å². The molecule has 0 spiro atoms. The Morgan fingerprint density at radius 1 is 1.44 bits per heavy atom. The van der Waals surface area contributed by atoms with Gasteiger partial charge in [-0.15, -0.1) is 11.3 Å². The van der Waals surface area contributed by atoms with E-state index in [0.717, 1.165) is 17.1 Å². The predicted octanol–water partition coefficient (Wildman–Crippen LogP) is 2.31. The number of nitrogens with zero attached hydrogens (tertiary/aromatic N) is 3. The molecule has 2 aromatic rings. The smallest absolute Gasteiger partial charge is 0.240 e. The quantitative estimate of drug-likeness (QED) is 0.869. The van der Waals surface area contributed by atoms with Crippen molar-refractivity contribution in [3.63, 3.8) is 0 Å². The molecule has 0 fully saturated rings. The average Bonchev–Trinajstić information content (AvgIpc) is 2.96. The molecule has 0 saturated heterocycles. The lowest BCUT2D eigenvalue weighted by atomic mass is 10.3. The molecule has 0 bridgehead atoms. The fourth-order valence-electron chi connectivity index (χ4n) is 1.46. The van der Waals surface area contributed by atoms with Crippen molar-refractivity contribution >= 4 is 11.3 Å². The average molecular weight is 266 g/mol. The first-order valence-electron chi connectivity index (χ1n) is 6.13. The van der Waals surface area contributed by atoms with E-state index in [1.165, 1.54) is 0 Å². The number of rotatable bonds is 6. The second kappa shape index (κ2) is 6.06. The highest BCUT2D eigenvalue weighted by Crippen LogP contribution is 2.12. The van der Waals surface area contributed by atoms with Crippen LogP contribution in [0, 0.1) is 6.92 Å². The van der Waals surface area contributed by atoms with E-state index in [-0.39, 0.29) is 0 Å². The molecule has 18 heavy (non-hydrogen) atoms. The molecule has 1 N–H and O–H groups in total. The first-order chi connectivity index (χ1) is 8.67. The van der Waals surface area contributed by atoms with E-state index < -0.39 is 0 Å². The van der Waals surface area contributed by atoms with Gasteiger partial charge in [-0.1, -0.05) is 12.1 Å². The van der Waals surface area contributed by atoms with Gasteiger partial charge < -0.3 is 9.84 Å². The Bertz CT molecular complexity index is 494. The van der Waals surface area contributed by atoms with Gasteiger partial charge in [-0.05, 0) is 20.3 Å². The zero-order valence-corrected chi connectivity index (χ0v) is 11.8. The van der Waals surface area contributed by atoms with Crippen LogP contribution in [0.15, 0.2) is 9.90 Å². The lowest BCUT2D eigenvalue weighted by Gasteiger charge is -2.07. The molecule has 1 unspecified atom stereocenters. The number of hydrogen-bond donors (Lipinski definition) is 1. The van der Waals surface area contributed by atoms with E-state index in [9.17, 15) is 0 Å². The number of aromatic nitrogens is 3. The summed E-state index contributed by atoms with van der Waals surface area (Å²) in [6.45, 7) is 6.88. The van der Waals surface area contributed by atoms with E-state index in [0.29, 0.717) is 30.7 Å². The van der Waals surface area contributed by atoms with Crippen molar-refractivity contribution in [2.24, 2.45) is 0 Å². The zero-order valence-electron chi connectivity index (χ0n) is 10.9. The summed E-state index contributed by atoms with van der Waals surface area (Å²) in [7, 11) is 0. The predicted molar refractivity (Wildman–Crippen MR) is 70.5 cm³/mol. The van der Waals surface area contributed by atoms with Crippen molar-refractivity contribution < 1.29 is 4.52 Å². The number of thiazole rings is 1. The minimum absolute atomic E-state index is 0.460. The summed E-state index contributed by atoms with van der Waals surface area (Å²) < 4.78 is 5.19. The summed E-state index contributed by atoms with van der Waals surface area (Å²) in [5.41, 5.74) is 1.04. The Labute approximate surface area is 111 Å². The first kappa shape index (κ1) is 13.2. The molecule has 5 nitrogen and oxygen atoms in total. The molecule has 2 heterocycles. The summed E-state index contributed by atoms with van der Waals surface area (Å²) in [6.07, 6.45) is 1.73. The van der Waals surface area contributed by atoms with E-state index in [1.54, 1.807) is 11.3 Å². The zero-order chi connectivity index (χ0) is 13.0. The Morgan fingerprint density at radius 2 is 2.28 bits per heavy atom. The van der Waals surface area contributed by atoms with E-state index in [1.807, 2.05) is 12.3 Å². The fourth-order valence-corrected chi connectivity index (χ4v) is 2.23. The summed E-state index contributed by atoms with van der Waals surface area (Å²) in [6, 6.07) is 0.460. The maximum absolute atomic E-state index is 5.19. The van der Waals surface area contributed by atoms with Gasteiger partial charge in [0.15, 0.2) is 5.82 Å². The molecule has 0 aromatic carbocycles. The van der Waals surface area contributed by atoms with Gasteiger partial charge in [-0.2, -0.15) is 4.98 Å². The SMILES string of the molecule is CCC(C)NCc1nc(Cc2nc(C)cs2)no1. The van der Waals surface area contributed by atoms with Gasteiger partial charge in [0.05, 0.1) is 13.0 Å². The highest BCUT2D eigenvalue weighted by Gasteiger charge is 2.09. The molecule has 2 aromatic heterocycles. The van der Waals surface area contributed by atoms with Crippen LogP contribution in [0.5, 0.6) is 0 Å². The van der Waals surface area contributed by atoms with Crippen LogP contribution in [0.4, 0.5) is 0 Å². The first-order valence-corrected chi connectivity index (χ1v) is 7.01. The number of nitrogens with one attached hydrogen (secondary N) is 1. The lowest BCUT2D eigenvalue weighted by Crippen LogP contribution is -2.24. The number of aryl methyl sites for hydroxylation is 1. The molecule has 2 rings (SSSR count). The van der Waals surface area contributed by atoms with Crippen molar-refractivity contribution in [1.82, 2.24) is 20.4 Å². The molecule has 0 radical (unpaired) electrons. The van der Waals surface area contributed by atoms with Crippen LogP contribution in [0.2, 0.25) is 0 Å². The minimum atomic E-state index is 0.460. The summed E-state index contributed by atoms with van der Waals surface area (Å²) in [5.74, 6) is 1.34. The summed E-state index contributed by atoms with van der Waals surface area (Å²) in [5, 5.41) is 10.3. The van der Waals surface area contributed by atoms with Gasteiger partial charge in [-0.3, -0.25) is 0 Å².